The third kappa shape index (κ3) is 2.48. The summed E-state index contributed by atoms with van der Waals surface area (Å²) >= 11 is 3.44. The van der Waals surface area contributed by atoms with Crippen LogP contribution in [-0.4, -0.2) is 14.4 Å². The molecule has 0 N–H and O–H groups in total. The lowest BCUT2D eigenvalue weighted by Gasteiger charge is -1.98. The third-order valence-corrected chi connectivity index (χ3v) is 1.90. The Morgan fingerprint density at radius 1 is 1.75 bits per heavy atom. The average molecular weight is 229 g/mol. The van der Waals surface area contributed by atoms with Crippen LogP contribution in [0.5, 0.6) is 0 Å². The van der Waals surface area contributed by atoms with E-state index >= 15 is 0 Å². The first-order chi connectivity index (χ1) is 5.74. The topological polar surface area (TPSA) is 17.8 Å². The molecule has 0 fully saturated rings. The van der Waals surface area contributed by atoms with Crippen LogP contribution >= 0.6 is 15.9 Å². The van der Waals surface area contributed by atoms with Crippen LogP contribution in [0, 0.1) is 0 Å². The molecule has 0 bridgehead atoms. The van der Waals surface area contributed by atoms with Crippen molar-refractivity contribution in [3.05, 3.63) is 24.3 Å². The molecular formula is C9H13BrN2. The zero-order chi connectivity index (χ0) is 8.97. The molecule has 0 aliphatic heterocycles. The Hall–Kier alpha value is -0.570. The van der Waals surface area contributed by atoms with Gasteiger partial charge in [0.05, 0.1) is 0 Å². The Bertz CT molecular complexity index is 263. The Balaban J connectivity index is 2.74. The highest BCUT2D eigenvalue weighted by Gasteiger charge is 1.95. The molecule has 3 heteroatoms. The van der Waals surface area contributed by atoms with E-state index in [0.29, 0.717) is 4.83 Å². The summed E-state index contributed by atoms with van der Waals surface area (Å²) in [4.78, 5) is 4.62. The zero-order valence-electron chi connectivity index (χ0n) is 7.37. The van der Waals surface area contributed by atoms with Crippen molar-refractivity contribution >= 4 is 22.0 Å². The summed E-state index contributed by atoms with van der Waals surface area (Å²) in [6, 6.07) is 0. The number of hydrogen-bond donors (Lipinski definition) is 0. The zero-order valence-corrected chi connectivity index (χ0v) is 8.95. The molecule has 0 saturated carbocycles. The molecule has 66 valence electrons. The first-order valence-corrected chi connectivity index (χ1v) is 4.99. The summed E-state index contributed by atoms with van der Waals surface area (Å²) in [5.74, 6) is 1.02. The van der Waals surface area contributed by atoms with Gasteiger partial charge in [0.1, 0.15) is 5.82 Å². The predicted molar refractivity (Wildman–Crippen MR) is 55.3 cm³/mol. The third-order valence-electron chi connectivity index (χ3n) is 1.60. The number of aryl methyl sites for hydroxylation is 1. The van der Waals surface area contributed by atoms with Gasteiger partial charge < -0.3 is 4.57 Å². The van der Waals surface area contributed by atoms with Gasteiger partial charge in [-0.15, -0.1) is 0 Å². The molecule has 1 unspecified atom stereocenters. The summed E-state index contributed by atoms with van der Waals surface area (Å²) in [6.07, 6.45) is 7.91. The standard InChI is InChI=1S/C9H13BrN2/c1-3-12-7-6-11-9(12)5-4-8(2)10/h4-8H,3H2,1-2H3/b5-4+. The maximum atomic E-state index is 4.21. The van der Waals surface area contributed by atoms with Crippen LogP contribution < -0.4 is 0 Å². The molecule has 0 aliphatic carbocycles. The minimum atomic E-state index is 0.402. The summed E-state index contributed by atoms with van der Waals surface area (Å²) in [7, 11) is 0. The number of alkyl halides is 1. The second-order valence-electron chi connectivity index (χ2n) is 2.61. The summed E-state index contributed by atoms with van der Waals surface area (Å²) in [5.41, 5.74) is 0. The SMILES string of the molecule is CCn1ccnc1/C=C/C(C)Br. The Labute approximate surface area is 81.4 Å². The molecule has 1 heterocycles. The lowest BCUT2D eigenvalue weighted by atomic mass is 10.4. The van der Waals surface area contributed by atoms with Gasteiger partial charge in [0, 0.05) is 23.8 Å². The first kappa shape index (κ1) is 9.52. The summed E-state index contributed by atoms with van der Waals surface area (Å²) in [5, 5.41) is 0. The molecule has 1 aromatic heterocycles. The highest BCUT2D eigenvalue weighted by atomic mass is 79.9. The number of imidazole rings is 1. The van der Waals surface area contributed by atoms with Gasteiger partial charge in [-0.1, -0.05) is 22.0 Å². The monoisotopic (exact) mass is 228 g/mol. The van der Waals surface area contributed by atoms with Crippen LogP contribution in [0.3, 0.4) is 0 Å². The van der Waals surface area contributed by atoms with Gasteiger partial charge in [-0.25, -0.2) is 4.98 Å². The van der Waals surface area contributed by atoms with Crippen LogP contribution in [0.4, 0.5) is 0 Å². The molecule has 0 spiro atoms. The summed E-state index contributed by atoms with van der Waals surface area (Å²) < 4.78 is 2.10. The molecule has 2 nitrogen and oxygen atoms in total. The fraction of sp³-hybridized carbons (Fsp3) is 0.444. The van der Waals surface area contributed by atoms with Gasteiger partial charge in [-0.3, -0.25) is 0 Å². The van der Waals surface area contributed by atoms with Crippen molar-refractivity contribution in [3.63, 3.8) is 0 Å². The van der Waals surface area contributed by atoms with E-state index in [1.54, 1.807) is 0 Å². The van der Waals surface area contributed by atoms with Crippen LogP contribution in [0.2, 0.25) is 0 Å². The number of nitrogens with zero attached hydrogens (tertiary/aromatic N) is 2. The van der Waals surface area contributed by atoms with E-state index in [1.807, 2.05) is 18.5 Å². The van der Waals surface area contributed by atoms with Gasteiger partial charge in [-0.2, -0.15) is 0 Å². The fourth-order valence-corrected chi connectivity index (χ4v) is 1.12. The normalized spacial score (nSPS) is 13.9. The number of allylic oxidation sites excluding steroid dienone is 1. The van der Waals surface area contributed by atoms with E-state index in [2.05, 4.69) is 45.4 Å². The van der Waals surface area contributed by atoms with E-state index in [0.717, 1.165) is 12.4 Å². The van der Waals surface area contributed by atoms with Crippen LogP contribution in [0.15, 0.2) is 18.5 Å². The maximum Gasteiger partial charge on any atom is 0.132 e. The average Bonchev–Trinajstić information content (AvgIpc) is 2.47. The smallest absolute Gasteiger partial charge is 0.132 e. The number of aromatic nitrogens is 2. The Kier molecular flexibility index (Phi) is 3.53. The lowest BCUT2D eigenvalue weighted by molar-refractivity contribution is 0.752. The van der Waals surface area contributed by atoms with E-state index < -0.39 is 0 Å². The molecule has 0 aromatic carbocycles. The molecule has 0 saturated heterocycles. The van der Waals surface area contributed by atoms with Crippen molar-refractivity contribution in [1.82, 2.24) is 9.55 Å². The highest BCUT2D eigenvalue weighted by Crippen LogP contribution is 2.04. The first-order valence-electron chi connectivity index (χ1n) is 4.07. The van der Waals surface area contributed by atoms with Gasteiger partial charge in [0.25, 0.3) is 0 Å². The highest BCUT2D eigenvalue weighted by molar-refractivity contribution is 9.09. The second-order valence-corrected chi connectivity index (χ2v) is 4.05. The van der Waals surface area contributed by atoms with Crippen molar-refractivity contribution in [1.29, 1.82) is 0 Å². The summed E-state index contributed by atoms with van der Waals surface area (Å²) in [6.45, 7) is 5.16. The minimum Gasteiger partial charge on any atom is -0.332 e. The quantitative estimate of drug-likeness (QED) is 0.728. The van der Waals surface area contributed by atoms with Gasteiger partial charge in [0.15, 0.2) is 0 Å². The second kappa shape index (κ2) is 4.45. The Morgan fingerprint density at radius 2 is 2.50 bits per heavy atom. The lowest BCUT2D eigenvalue weighted by Crippen LogP contribution is -1.95. The minimum absolute atomic E-state index is 0.402. The van der Waals surface area contributed by atoms with Crippen molar-refractivity contribution < 1.29 is 0 Å². The van der Waals surface area contributed by atoms with Gasteiger partial charge in [0.2, 0.25) is 0 Å². The fourth-order valence-electron chi connectivity index (χ4n) is 0.966. The molecule has 0 radical (unpaired) electrons. The maximum absolute atomic E-state index is 4.21. The molecule has 0 amide bonds. The van der Waals surface area contributed by atoms with Crippen molar-refractivity contribution in [3.8, 4) is 0 Å². The molecule has 0 aliphatic rings. The molecule has 1 aromatic rings. The Morgan fingerprint density at radius 3 is 3.08 bits per heavy atom. The van der Waals surface area contributed by atoms with E-state index in [4.69, 9.17) is 0 Å². The largest absolute Gasteiger partial charge is 0.332 e. The number of halogens is 1. The van der Waals surface area contributed by atoms with Crippen molar-refractivity contribution in [2.24, 2.45) is 0 Å². The van der Waals surface area contributed by atoms with Crippen LogP contribution in [0.25, 0.3) is 6.08 Å². The van der Waals surface area contributed by atoms with E-state index in [-0.39, 0.29) is 0 Å². The van der Waals surface area contributed by atoms with E-state index in [9.17, 15) is 0 Å². The van der Waals surface area contributed by atoms with Crippen LogP contribution in [0.1, 0.15) is 19.7 Å². The van der Waals surface area contributed by atoms with E-state index in [1.165, 1.54) is 0 Å². The van der Waals surface area contributed by atoms with Crippen molar-refractivity contribution in [2.75, 3.05) is 0 Å². The molecule has 1 rings (SSSR count). The van der Waals surface area contributed by atoms with Gasteiger partial charge in [-0.05, 0) is 19.9 Å². The molecule has 12 heavy (non-hydrogen) atoms. The number of hydrogen-bond acceptors (Lipinski definition) is 1. The predicted octanol–water partition coefficient (Wildman–Crippen LogP) is 2.70. The van der Waals surface area contributed by atoms with Gasteiger partial charge >= 0.3 is 0 Å². The van der Waals surface area contributed by atoms with Crippen molar-refractivity contribution in [2.45, 2.75) is 25.2 Å². The van der Waals surface area contributed by atoms with Crippen LogP contribution in [-0.2, 0) is 6.54 Å². The number of rotatable bonds is 3. The molecular weight excluding hydrogens is 216 g/mol. The molecule has 1 atom stereocenters.